The van der Waals surface area contributed by atoms with Gasteiger partial charge in [0.15, 0.2) is 11.5 Å². The number of hydrogen-bond donors (Lipinski definition) is 0. The van der Waals surface area contributed by atoms with E-state index >= 15 is 0 Å². The molecule has 0 heterocycles. The fourth-order valence-corrected chi connectivity index (χ4v) is 1.60. The lowest BCUT2D eigenvalue weighted by Crippen LogP contribution is -2.03. The third kappa shape index (κ3) is 4.89. The molecule has 4 heteroatoms. The molecule has 0 aliphatic rings. The average Bonchev–Trinajstić information content (AvgIpc) is 2.42. The number of ether oxygens (including phenoxy) is 2. The summed E-state index contributed by atoms with van der Waals surface area (Å²) >= 11 is 0. The average molecular weight is 270 g/mol. The fraction of sp³-hybridized carbons (Fsp3) is 0.467. The Morgan fingerprint density at radius 1 is 1.05 bits per heavy atom. The van der Waals surface area contributed by atoms with Crippen molar-refractivity contribution < 1.29 is 18.3 Å². The molecule has 0 radical (unpaired) electrons. The Labute approximate surface area is 113 Å². The van der Waals surface area contributed by atoms with Crippen LogP contribution < -0.4 is 9.47 Å². The standard InChI is InChI=1S/C15H20F2O2/c1-3-5-6-7-11-19-13-9-8-12(18-10-4-2)14(16)15(13)17/h4,8-9H,2-3,5-7,10-11H2,1H3. The highest BCUT2D eigenvalue weighted by Crippen LogP contribution is 2.27. The first-order chi connectivity index (χ1) is 9.20. The summed E-state index contributed by atoms with van der Waals surface area (Å²) in [6, 6.07) is 2.75. The normalized spacial score (nSPS) is 10.3. The van der Waals surface area contributed by atoms with Gasteiger partial charge in [-0.3, -0.25) is 0 Å². The highest BCUT2D eigenvalue weighted by Gasteiger charge is 2.15. The summed E-state index contributed by atoms with van der Waals surface area (Å²) < 4.78 is 37.5. The molecule has 0 atom stereocenters. The number of unbranched alkanes of at least 4 members (excludes halogenated alkanes) is 3. The van der Waals surface area contributed by atoms with Crippen LogP contribution in [-0.4, -0.2) is 13.2 Å². The summed E-state index contributed by atoms with van der Waals surface area (Å²) in [5, 5.41) is 0. The third-order valence-electron chi connectivity index (χ3n) is 2.62. The fourth-order valence-electron chi connectivity index (χ4n) is 1.60. The molecule has 1 aromatic rings. The lowest BCUT2D eigenvalue weighted by molar-refractivity contribution is 0.278. The van der Waals surface area contributed by atoms with Crippen LogP contribution in [0.2, 0.25) is 0 Å². The molecule has 0 unspecified atom stereocenters. The van der Waals surface area contributed by atoms with Crippen molar-refractivity contribution in [3.8, 4) is 11.5 Å². The van der Waals surface area contributed by atoms with Crippen molar-refractivity contribution in [1.29, 1.82) is 0 Å². The van der Waals surface area contributed by atoms with E-state index in [1.165, 1.54) is 18.2 Å². The van der Waals surface area contributed by atoms with Crippen molar-refractivity contribution in [3.05, 3.63) is 36.4 Å². The minimum absolute atomic E-state index is 0.0695. The van der Waals surface area contributed by atoms with E-state index in [1.807, 2.05) is 0 Å². The highest BCUT2D eigenvalue weighted by atomic mass is 19.2. The van der Waals surface area contributed by atoms with Gasteiger partial charge in [0, 0.05) is 0 Å². The van der Waals surface area contributed by atoms with Crippen molar-refractivity contribution in [2.75, 3.05) is 13.2 Å². The van der Waals surface area contributed by atoms with Crippen LogP contribution in [-0.2, 0) is 0 Å². The maximum absolute atomic E-state index is 13.7. The molecule has 0 saturated carbocycles. The first-order valence-corrected chi connectivity index (χ1v) is 6.55. The topological polar surface area (TPSA) is 18.5 Å². The van der Waals surface area contributed by atoms with Gasteiger partial charge in [-0.2, -0.15) is 8.78 Å². The Balaban J connectivity index is 2.55. The van der Waals surface area contributed by atoms with Gasteiger partial charge in [-0.1, -0.05) is 38.8 Å². The van der Waals surface area contributed by atoms with Gasteiger partial charge in [0.2, 0.25) is 11.6 Å². The van der Waals surface area contributed by atoms with Crippen molar-refractivity contribution in [2.45, 2.75) is 32.6 Å². The Kier molecular flexibility index (Phi) is 6.93. The van der Waals surface area contributed by atoms with Crippen LogP contribution in [0.3, 0.4) is 0 Å². The van der Waals surface area contributed by atoms with E-state index in [0.717, 1.165) is 25.7 Å². The first-order valence-electron chi connectivity index (χ1n) is 6.55. The van der Waals surface area contributed by atoms with Gasteiger partial charge in [-0.25, -0.2) is 0 Å². The minimum atomic E-state index is -1.02. The second kappa shape index (κ2) is 8.51. The molecular formula is C15H20F2O2. The Morgan fingerprint density at radius 2 is 1.68 bits per heavy atom. The summed E-state index contributed by atoms with van der Waals surface area (Å²) in [5.74, 6) is -2.22. The van der Waals surface area contributed by atoms with Gasteiger partial charge in [0.25, 0.3) is 0 Å². The largest absolute Gasteiger partial charge is 0.490 e. The predicted molar refractivity (Wildman–Crippen MR) is 71.7 cm³/mol. The molecule has 0 aliphatic carbocycles. The zero-order valence-electron chi connectivity index (χ0n) is 11.3. The van der Waals surface area contributed by atoms with Crippen LogP contribution in [0, 0.1) is 11.6 Å². The molecular weight excluding hydrogens is 250 g/mol. The van der Waals surface area contributed by atoms with Crippen molar-refractivity contribution in [1.82, 2.24) is 0 Å². The SMILES string of the molecule is C=CCOc1ccc(OCCCCCC)c(F)c1F. The molecule has 1 aromatic carbocycles. The molecule has 0 amide bonds. The molecule has 0 aromatic heterocycles. The summed E-state index contributed by atoms with van der Waals surface area (Å²) in [5.41, 5.74) is 0. The maximum Gasteiger partial charge on any atom is 0.204 e. The maximum atomic E-state index is 13.7. The molecule has 0 aliphatic heterocycles. The lowest BCUT2D eigenvalue weighted by atomic mass is 10.2. The zero-order chi connectivity index (χ0) is 14.1. The smallest absolute Gasteiger partial charge is 0.204 e. The summed E-state index contributed by atoms with van der Waals surface area (Å²) in [7, 11) is 0. The third-order valence-corrected chi connectivity index (χ3v) is 2.62. The van der Waals surface area contributed by atoms with Crippen LogP contribution in [0.15, 0.2) is 24.8 Å². The van der Waals surface area contributed by atoms with E-state index in [0.29, 0.717) is 6.61 Å². The quantitative estimate of drug-likeness (QED) is 0.486. The van der Waals surface area contributed by atoms with E-state index in [-0.39, 0.29) is 18.1 Å². The van der Waals surface area contributed by atoms with E-state index in [1.54, 1.807) is 0 Å². The number of hydrogen-bond acceptors (Lipinski definition) is 2. The summed E-state index contributed by atoms with van der Waals surface area (Å²) in [6.45, 7) is 6.08. The van der Waals surface area contributed by atoms with Gasteiger partial charge in [0.05, 0.1) is 6.61 Å². The molecule has 2 nitrogen and oxygen atoms in total. The Bertz CT molecular complexity index is 405. The van der Waals surface area contributed by atoms with E-state index in [2.05, 4.69) is 13.5 Å². The van der Waals surface area contributed by atoms with Crippen LogP contribution in [0.4, 0.5) is 8.78 Å². The molecule has 0 saturated heterocycles. The lowest BCUT2D eigenvalue weighted by Gasteiger charge is -2.10. The summed E-state index contributed by atoms with van der Waals surface area (Å²) in [6.07, 6.45) is 5.58. The van der Waals surface area contributed by atoms with Crippen molar-refractivity contribution in [2.24, 2.45) is 0 Å². The van der Waals surface area contributed by atoms with Crippen molar-refractivity contribution >= 4 is 0 Å². The van der Waals surface area contributed by atoms with Gasteiger partial charge >= 0.3 is 0 Å². The van der Waals surface area contributed by atoms with Gasteiger partial charge < -0.3 is 9.47 Å². The molecule has 0 fully saturated rings. The second-order valence-electron chi connectivity index (χ2n) is 4.20. The van der Waals surface area contributed by atoms with Crippen LogP contribution in [0.1, 0.15) is 32.6 Å². The monoisotopic (exact) mass is 270 g/mol. The van der Waals surface area contributed by atoms with Crippen LogP contribution >= 0.6 is 0 Å². The first kappa shape index (κ1) is 15.5. The molecule has 106 valence electrons. The van der Waals surface area contributed by atoms with Gasteiger partial charge in [-0.15, -0.1) is 0 Å². The van der Waals surface area contributed by atoms with E-state index < -0.39 is 11.6 Å². The van der Waals surface area contributed by atoms with Crippen LogP contribution in [0.5, 0.6) is 11.5 Å². The van der Waals surface area contributed by atoms with Crippen molar-refractivity contribution in [3.63, 3.8) is 0 Å². The minimum Gasteiger partial charge on any atom is -0.490 e. The van der Waals surface area contributed by atoms with Gasteiger partial charge in [0.1, 0.15) is 6.61 Å². The number of benzene rings is 1. The highest BCUT2D eigenvalue weighted by molar-refractivity contribution is 5.35. The van der Waals surface area contributed by atoms with E-state index in [4.69, 9.17) is 9.47 Å². The molecule has 0 bridgehead atoms. The number of halogens is 2. The second-order valence-corrected chi connectivity index (χ2v) is 4.20. The summed E-state index contributed by atoms with van der Waals surface area (Å²) in [4.78, 5) is 0. The molecule has 1 rings (SSSR count). The molecule has 0 N–H and O–H groups in total. The predicted octanol–water partition coefficient (Wildman–Crippen LogP) is 4.49. The number of rotatable bonds is 9. The Hall–Kier alpha value is -1.58. The van der Waals surface area contributed by atoms with Crippen LogP contribution in [0.25, 0.3) is 0 Å². The van der Waals surface area contributed by atoms with Gasteiger partial charge in [-0.05, 0) is 18.6 Å². The Morgan fingerprint density at radius 3 is 2.26 bits per heavy atom. The van der Waals surface area contributed by atoms with E-state index in [9.17, 15) is 8.78 Å². The molecule has 0 spiro atoms. The molecule has 19 heavy (non-hydrogen) atoms. The zero-order valence-corrected chi connectivity index (χ0v) is 11.3.